The van der Waals surface area contributed by atoms with E-state index in [4.69, 9.17) is 9.47 Å². The predicted octanol–water partition coefficient (Wildman–Crippen LogP) is 3.71. The zero-order valence-electron chi connectivity index (χ0n) is 15.4. The van der Waals surface area contributed by atoms with Crippen LogP contribution in [0.25, 0.3) is 0 Å². The second-order valence-electron chi connectivity index (χ2n) is 6.31. The smallest absolute Gasteiger partial charge is 0.124 e. The fraction of sp³-hybridized carbons (Fsp3) is 0.500. The van der Waals surface area contributed by atoms with Crippen molar-refractivity contribution in [3.8, 4) is 11.5 Å². The Bertz CT molecular complexity index is 678. The van der Waals surface area contributed by atoms with Crippen LogP contribution in [0.5, 0.6) is 11.5 Å². The van der Waals surface area contributed by atoms with Gasteiger partial charge in [0.05, 0.1) is 20.3 Å². The Morgan fingerprint density at radius 1 is 1.12 bits per heavy atom. The standard InChI is InChI=1S/C20H28N2O2S/c1-4-16-7-9-19(25-16)20(22-12-5-10-21-11-13-22)17-14-15(23-2)6-8-18(17)24-3/h6-9,14,20-21H,4-5,10-13H2,1-3H3. The molecular weight excluding hydrogens is 332 g/mol. The summed E-state index contributed by atoms with van der Waals surface area (Å²) in [5.74, 6) is 1.80. The van der Waals surface area contributed by atoms with Crippen LogP contribution in [0.15, 0.2) is 30.3 Å². The molecule has 1 atom stereocenters. The Kier molecular flexibility index (Phi) is 6.34. The van der Waals surface area contributed by atoms with E-state index in [1.165, 1.54) is 15.3 Å². The maximum absolute atomic E-state index is 5.71. The Morgan fingerprint density at radius 2 is 2.00 bits per heavy atom. The number of nitrogens with one attached hydrogen (secondary N) is 1. The number of methoxy groups -OCH3 is 2. The van der Waals surface area contributed by atoms with Crippen molar-refractivity contribution in [3.63, 3.8) is 0 Å². The normalized spacial score (nSPS) is 17.1. The highest BCUT2D eigenvalue weighted by Gasteiger charge is 2.27. The van der Waals surface area contributed by atoms with Gasteiger partial charge >= 0.3 is 0 Å². The lowest BCUT2D eigenvalue weighted by molar-refractivity contribution is 0.238. The number of hydrogen-bond donors (Lipinski definition) is 1. The average molecular weight is 361 g/mol. The zero-order chi connectivity index (χ0) is 17.6. The molecule has 1 fully saturated rings. The van der Waals surface area contributed by atoms with E-state index in [1.54, 1.807) is 14.2 Å². The largest absolute Gasteiger partial charge is 0.497 e. The van der Waals surface area contributed by atoms with E-state index in [-0.39, 0.29) is 6.04 Å². The Hall–Kier alpha value is -1.56. The number of rotatable bonds is 6. The average Bonchev–Trinajstić information content (AvgIpc) is 2.96. The third-order valence-corrected chi connectivity index (χ3v) is 6.05. The topological polar surface area (TPSA) is 33.7 Å². The van der Waals surface area contributed by atoms with Gasteiger partial charge < -0.3 is 14.8 Å². The molecule has 3 rings (SSSR count). The van der Waals surface area contributed by atoms with Gasteiger partial charge in [0.1, 0.15) is 11.5 Å². The number of thiophene rings is 1. The molecule has 0 aliphatic carbocycles. The number of ether oxygens (including phenoxy) is 2. The lowest BCUT2D eigenvalue weighted by atomic mass is 10.0. The highest BCUT2D eigenvalue weighted by Crippen LogP contribution is 2.40. The molecule has 0 radical (unpaired) electrons. The first-order valence-corrected chi connectivity index (χ1v) is 9.83. The maximum Gasteiger partial charge on any atom is 0.124 e. The molecule has 4 nitrogen and oxygen atoms in total. The molecule has 2 heterocycles. The fourth-order valence-electron chi connectivity index (χ4n) is 3.44. The summed E-state index contributed by atoms with van der Waals surface area (Å²) < 4.78 is 11.2. The van der Waals surface area contributed by atoms with E-state index in [9.17, 15) is 0 Å². The molecule has 0 amide bonds. The lowest BCUT2D eigenvalue weighted by Gasteiger charge is -2.31. The van der Waals surface area contributed by atoms with Crippen molar-refractivity contribution in [1.82, 2.24) is 10.2 Å². The number of benzene rings is 1. The van der Waals surface area contributed by atoms with E-state index in [0.29, 0.717) is 0 Å². The summed E-state index contributed by atoms with van der Waals surface area (Å²) in [6, 6.07) is 10.9. The molecule has 1 aliphatic heterocycles. The minimum absolute atomic E-state index is 0.204. The second-order valence-corrected chi connectivity index (χ2v) is 7.51. The van der Waals surface area contributed by atoms with Gasteiger partial charge in [-0.2, -0.15) is 0 Å². The van der Waals surface area contributed by atoms with Crippen LogP contribution in [0.2, 0.25) is 0 Å². The van der Waals surface area contributed by atoms with E-state index >= 15 is 0 Å². The summed E-state index contributed by atoms with van der Waals surface area (Å²) in [6.07, 6.45) is 2.24. The van der Waals surface area contributed by atoms with E-state index in [2.05, 4.69) is 35.3 Å². The van der Waals surface area contributed by atoms with Gasteiger partial charge in [-0.3, -0.25) is 4.90 Å². The molecule has 1 unspecified atom stereocenters. The molecule has 1 aliphatic rings. The fourth-order valence-corrected chi connectivity index (χ4v) is 4.55. The van der Waals surface area contributed by atoms with E-state index in [0.717, 1.165) is 50.5 Å². The minimum atomic E-state index is 0.204. The van der Waals surface area contributed by atoms with Crippen LogP contribution in [0.3, 0.4) is 0 Å². The molecule has 0 bridgehead atoms. The SMILES string of the molecule is CCc1ccc(C(c2cc(OC)ccc2OC)N2CCCNCC2)s1. The number of aryl methyl sites for hydroxylation is 1. The molecule has 1 saturated heterocycles. The summed E-state index contributed by atoms with van der Waals surface area (Å²) in [5.41, 5.74) is 1.19. The number of nitrogens with zero attached hydrogens (tertiary/aromatic N) is 1. The van der Waals surface area contributed by atoms with Gasteiger partial charge in [-0.1, -0.05) is 6.92 Å². The zero-order valence-corrected chi connectivity index (χ0v) is 16.2. The van der Waals surface area contributed by atoms with Crippen LogP contribution in [0, 0.1) is 0 Å². The molecule has 2 aromatic rings. The highest BCUT2D eigenvalue weighted by molar-refractivity contribution is 7.12. The van der Waals surface area contributed by atoms with Gasteiger partial charge in [-0.05, 0) is 49.7 Å². The van der Waals surface area contributed by atoms with Gasteiger partial charge in [0.2, 0.25) is 0 Å². The molecule has 5 heteroatoms. The molecule has 1 aromatic carbocycles. The third-order valence-electron chi connectivity index (χ3n) is 4.77. The van der Waals surface area contributed by atoms with Crippen LogP contribution in [-0.4, -0.2) is 45.3 Å². The first-order valence-electron chi connectivity index (χ1n) is 9.02. The first kappa shape index (κ1) is 18.2. The second kappa shape index (κ2) is 8.70. The summed E-state index contributed by atoms with van der Waals surface area (Å²) >= 11 is 1.91. The summed E-state index contributed by atoms with van der Waals surface area (Å²) in [5, 5.41) is 3.51. The van der Waals surface area contributed by atoms with Crippen LogP contribution < -0.4 is 14.8 Å². The lowest BCUT2D eigenvalue weighted by Crippen LogP contribution is -2.32. The molecular formula is C20H28N2O2S. The number of hydrogen-bond acceptors (Lipinski definition) is 5. The van der Waals surface area contributed by atoms with Crippen molar-refractivity contribution in [2.45, 2.75) is 25.8 Å². The Labute approximate surface area is 154 Å². The highest BCUT2D eigenvalue weighted by atomic mass is 32.1. The van der Waals surface area contributed by atoms with Gasteiger partial charge in [0, 0.05) is 35.0 Å². The van der Waals surface area contributed by atoms with Crippen molar-refractivity contribution < 1.29 is 9.47 Å². The summed E-state index contributed by atoms with van der Waals surface area (Å²) in [4.78, 5) is 5.38. The van der Waals surface area contributed by atoms with Crippen LogP contribution in [0.1, 0.15) is 34.7 Å². The van der Waals surface area contributed by atoms with Crippen molar-refractivity contribution in [1.29, 1.82) is 0 Å². The molecule has 0 saturated carbocycles. The van der Waals surface area contributed by atoms with Crippen LogP contribution in [-0.2, 0) is 6.42 Å². The van der Waals surface area contributed by atoms with Crippen molar-refractivity contribution >= 4 is 11.3 Å². The molecule has 136 valence electrons. The quantitative estimate of drug-likeness (QED) is 0.851. The molecule has 25 heavy (non-hydrogen) atoms. The molecule has 0 spiro atoms. The van der Waals surface area contributed by atoms with Crippen molar-refractivity contribution in [3.05, 3.63) is 45.6 Å². The van der Waals surface area contributed by atoms with Gasteiger partial charge in [0.25, 0.3) is 0 Å². The molecule has 1 N–H and O–H groups in total. The summed E-state index contributed by atoms with van der Waals surface area (Å²) in [6.45, 7) is 6.44. The van der Waals surface area contributed by atoms with Gasteiger partial charge in [-0.15, -0.1) is 11.3 Å². The first-order chi connectivity index (χ1) is 12.3. The Balaban J connectivity index is 2.06. The van der Waals surface area contributed by atoms with E-state index < -0.39 is 0 Å². The van der Waals surface area contributed by atoms with Gasteiger partial charge in [0.15, 0.2) is 0 Å². The van der Waals surface area contributed by atoms with Crippen LogP contribution in [0.4, 0.5) is 0 Å². The third kappa shape index (κ3) is 4.17. The van der Waals surface area contributed by atoms with E-state index in [1.807, 2.05) is 23.5 Å². The predicted molar refractivity (Wildman–Crippen MR) is 104 cm³/mol. The maximum atomic E-state index is 5.71. The minimum Gasteiger partial charge on any atom is -0.497 e. The Morgan fingerprint density at radius 3 is 2.72 bits per heavy atom. The monoisotopic (exact) mass is 360 g/mol. The summed E-state index contributed by atoms with van der Waals surface area (Å²) in [7, 11) is 3.47. The van der Waals surface area contributed by atoms with Crippen molar-refractivity contribution in [2.24, 2.45) is 0 Å². The van der Waals surface area contributed by atoms with Crippen LogP contribution >= 0.6 is 11.3 Å². The molecule has 1 aromatic heterocycles. The van der Waals surface area contributed by atoms with Crippen molar-refractivity contribution in [2.75, 3.05) is 40.4 Å². The van der Waals surface area contributed by atoms with Gasteiger partial charge in [-0.25, -0.2) is 0 Å².